The van der Waals surface area contributed by atoms with E-state index in [0.717, 1.165) is 14.2 Å². The minimum absolute atomic E-state index is 0.312. The van der Waals surface area contributed by atoms with Gasteiger partial charge in [0.05, 0.1) is 28.4 Å². The van der Waals surface area contributed by atoms with Gasteiger partial charge in [-0.05, 0) is 0 Å². The van der Waals surface area contributed by atoms with E-state index in [1.807, 2.05) is 0 Å². The number of carbonyl (C=O) groups is 4. The van der Waals surface area contributed by atoms with E-state index in [2.05, 4.69) is 18.9 Å². The smallest absolute Gasteiger partial charge is 0.437 e. The Labute approximate surface area is 112 Å². The molecule has 0 unspecified atom stereocenters. The van der Waals surface area contributed by atoms with Gasteiger partial charge in [-0.25, -0.2) is 9.59 Å². The summed E-state index contributed by atoms with van der Waals surface area (Å²) in [5.41, 5.74) is 0. The van der Waals surface area contributed by atoms with Gasteiger partial charge in [0, 0.05) is 0 Å². The first-order chi connectivity index (χ1) is 9.16. The highest BCUT2D eigenvalue weighted by Gasteiger charge is 2.50. The predicted molar refractivity (Wildman–Crippen MR) is 57.6 cm³/mol. The summed E-state index contributed by atoms with van der Waals surface area (Å²) in [4.78, 5) is 40.8. The lowest BCUT2D eigenvalue weighted by Gasteiger charge is -2.09. The van der Waals surface area contributed by atoms with E-state index in [4.69, 9.17) is 0 Å². The zero-order valence-corrected chi connectivity index (χ0v) is 11.2. The highest BCUT2D eigenvalue weighted by atomic mass is 19.3. The number of hydrogen-bond donors (Lipinski definition) is 0. The van der Waals surface area contributed by atoms with E-state index in [1.165, 1.54) is 14.2 Å². The molecule has 0 atom stereocenters. The van der Waals surface area contributed by atoms with Gasteiger partial charge in [-0.1, -0.05) is 0 Å². The van der Waals surface area contributed by atoms with Crippen LogP contribution in [-0.4, -0.2) is 58.2 Å². The fraction of sp³-hybridized carbons (Fsp3) is 0.600. The molecular weight excluding hydrogens is 286 g/mol. The van der Waals surface area contributed by atoms with Gasteiger partial charge >= 0.3 is 29.8 Å². The number of methoxy groups -OCH3 is 4. The van der Waals surface area contributed by atoms with Crippen LogP contribution in [0.25, 0.3) is 0 Å². The summed E-state index contributed by atoms with van der Waals surface area (Å²) in [5, 5.41) is 0. The predicted octanol–water partition coefficient (Wildman–Crippen LogP) is -0.310. The SMILES string of the molecule is COC(=O)C(F)(F)C(=O)OC.COC(=O)CC(=O)OC. The molecule has 0 amide bonds. The molecule has 0 heterocycles. The van der Waals surface area contributed by atoms with Crippen molar-refractivity contribution in [3.8, 4) is 0 Å². The van der Waals surface area contributed by atoms with Gasteiger partial charge < -0.3 is 18.9 Å². The number of hydrogen-bond acceptors (Lipinski definition) is 8. The largest absolute Gasteiger partial charge is 0.469 e. The van der Waals surface area contributed by atoms with E-state index >= 15 is 0 Å². The van der Waals surface area contributed by atoms with Crippen LogP contribution in [0.4, 0.5) is 8.78 Å². The Bertz CT molecular complexity index is 334. The molecule has 0 aromatic carbocycles. The Balaban J connectivity index is 0. The molecule has 0 aliphatic heterocycles. The number of ether oxygens (including phenoxy) is 4. The van der Waals surface area contributed by atoms with Gasteiger partial charge in [0.1, 0.15) is 6.42 Å². The number of alkyl halides is 2. The summed E-state index contributed by atoms with van der Waals surface area (Å²) in [7, 11) is 3.93. The topological polar surface area (TPSA) is 105 Å². The van der Waals surface area contributed by atoms with E-state index in [9.17, 15) is 28.0 Å². The van der Waals surface area contributed by atoms with Gasteiger partial charge in [-0.2, -0.15) is 8.78 Å². The van der Waals surface area contributed by atoms with E-state index in [0.29, 0.717) is 0 Å². The molecule has 0 aromatic rings. The van der Waals surface area contributed by atoms with Crippen LogP contribution >= 0.6 is 0 Å². The second-order valence-electron chi connectivity index (χ2n) is 2.89. The van der Waals surface area contributed by atoms with Gasteiger partial charge in [-0.3, -0.25) is 9.59 Å². The van der Waals surface area contributed by atoms with Crippen molar-refractivity contribution in [1.82, 2.24) is 0 Å². The summed E-state index contributed by atoms with van der Waals surface area (Å²) in [6.07, 6.45) is -0.312. The minimum atomic E-state index is -4.20. The Morgan fingerprint density at radius 1 is 0.750 bits per heavy atom. The lowest BCUT2D eigenvalue weighted by atomic mass is 10.3. The minimum Gasteiger partial charge on any atom is -0.469 e. The third-order valence-corrected chi connectivity index (χ3v) is 1.63. The number of carbonyl (C=O) groups excluding carboxylic acids is 4. The molecule has 0 N–H and O–H groups in total. The lowest BCUT2D eigenvalue weighted by molar-refractivity contribution is -0.187. The van der Waals surface area contributed by atoms with Crippen LogP contribution in [-0.2, 0) is 38.1 Å². The first-order valence-electron chi connectivity index (χ1n) is 4.85. The fourth-order valence-electron chi connectivity index (χ4n) is 0.602. The molecule has 0 saturated carbocycles. The van der Waals surface area contributed by atoms with Gasteiger partial charge in [0.15, 0.2) is 0 Å². The summed E-state index contributed by atoms with van der Waals surface area (Å²) < 4.78 is 40.2. The van der Waals surface area contributed by atoms with Crippen molar-refractivity contribution < 1.29 is 46.9 Å². The van der Waals surface area contributed by atoms with E-state index in [-0.39, 0.29) is 6.42 Å². The third-order valence-electron chi connectivity index (χ3n) is 1.63. The molecule has 8 nitrogen and oxygen atoms in total. The monoisotopic (exact) mass is 300 g/mol. The van der Waals surface area contributed by atoms with Crippen molar-refractivity contribution in [2.24, 2.45) is 0 Å². The van der Waals surface area contributed by atoms with Crippen molar-refractivity contribution >= 4 is 23.9 Å². The standard InChI is InChI=1S/C5H6F2O4.C5H8O4/c1-10-3(8)5(6,7)4(9)11-2;1-8-4(6)3-5(7)9-2/h1-2H3;3H2,1-2H3. The molecule has 20 heavy (non-hydrogen) atoms. The van der Waals surface area contributed by atoms with Crippen LogP contribution in [0.3, 0.4) is 0 Å². The fourth-order valence-corrected chi connectivity index (χ4v) is 0.602. The van der Waals surface area contributed by atoms with Crippen molar-refractivity contribution in [2.45, 2.75) is 12.3 Å². The van der Waals surface area contributed by atoms with E-state index < -0.39 is 29.8 Å². The van der Waals surface area contributed by atoms with Crippen molar-refractivity contribution in [2.75, 3.05) is 28.4 Å². The molecule has 116 valence electrons. The molecule has 0 saturated heterocycles. The Hall–Kier alpha value is -2.26. The molecule has 0 aromatic heterocycles. The van der Waals surface area contributed by atoms with E-state index in [1.54, 1.807) is 0 Å². The molecule has 0 rings (SSSR count). The summed E-state index contributed by atoms with van der Waals surface area (Å²) in [6.45, 7) is 0. The first-order valence-corrected chi connectivity index (χ1v) is 4.85. The molecule has 0 spiro atoms. The molecule has 0 fully saturated rings. The molecule has 0 aliphatic carbocycles. The highest BCUT2D eigenvalue weighted by molar-refractivity contribution is 6.01. The van der Waals surface area contributed by atoms with Gasteiger partial charge in [-0.15, -0.1) is 0 Å². The average Bonchev–Trinajstić information content (AvgIpc) is 2.45. The maximum absolute atomic E-state index is 12.3. The number of halogens is 2. The Morgan fingerprint density at radius 3 is 1.25 bits per heavy atom. The molecule has 0 aliphatic rings. The second-order valence-corrected chi connectivity index (χ2v) is 2.89. The van der Waals surface area contributed by atoms with Crippen molar-refractivity contribution in [1.29, 1.82) is 0 Å². The van der Waals surface area contributed by atoms with Crippen LogP contribution in [0.2, 0.25) is 0 Å². The lowest BCUT2D eigenvalue weighted by Crippen LogP contribution is -2.39. The number of esters is 4. The number of rotatable bonds is 4. The van der Waals surface area contributed by atoms with Crippen LogP contribution in [0.5, 0.6) is 0 Å². The molecule has 10 heteroatoms. The first kappa shape index (κ1) is 20.1. The normalized spacial score (nSPS) is 9.50. The molecular formula is C10H14F2O8. The summed E-state index contributed by atoms with van der Waals surface area (Å²) in [6, 6.07) is 0. The van der Waals surface area contributed by atoms with Crippen molar-refractivity contribution in [3.63, 3.8) is 0 Å². The van der Waals surface area contributed by atoms with Crippen LogP contribution in [0.1, 0.15) is 6.42 Å². The maximum Gasteiger partial charge on any atom is 0.437 e. The molecule has 0 bridgehead atoms. The maximum atomic E-state index is 12.3. The highest BCUT2D eigenvalue weighted by Crippen LogP contribution is 2.16. The third kappa shape index (κ3) is 7.24. The quantitative estimate of drug-likeness (QED) is 0.395. The Morgan fingerprint density at radius 2 is 1.05 bits per heavy atom. The van der Waals surface area contributed by atoms with Gasteiger partial charge in [0.2, 0.25) is 0 Å². The van der Waals surface area contributed by atoms with Gasteiger partial charge in [0.25, 0.3) is 0 Å². The molecule has 0 radical (unpaired) electrons. The zero-order chi connectivity index (χ0) is 16.3. The van der Waals surface area contributed by atoms with Crippen LogP contribution in [0, 0.1) is 0 Å². The van der Waals surface area contributed by atoms with Crippen LogP contribution < -0.4 is 0 Å². The van der Waals surface area contributed by atoms with Crippen molar-refractivity contribution in [3.05, 3.63) is 0 Å². The zero-order valence-electron chi connectivity index (χ0n) is 11.2. The van der Waals surface area contributed by atoms with Crippen LogP contribution in [0.15, 0.2) is 0 Å². The summed E-state index contributed by atoms with van der Waals surface area (Å²) >= 11 is 0. The Kier molecular flexibility index (Phi) is 9.67. The average molecular weight is 300 g/mol. The second kappa shape index (κ2) is 9.64. The summed E-state index contributed by atoms with van der Waals surface area (Å²) in [5.74, 6) is -9.22.